The molecule has 212 valence electrons. The molecule has 0 bridgehead atoms. The minimum Gasteiger partial charge on any atom is -0.352 e. The Morgan fingerprint density at radius 3 is 2.33 bits per heavy atom. The summed E-state index contributed by atoms with van der Waals surface area (Å²) in [7, 11) is -4.16. The predicted molar refractivity (Wildman–Crippen MR) is 157 cm³/mol. The lowest BCUT2D eigenvalue weighted by Crippen LogP contribution is -2.53. The summed E-state index contributed by atoms with van der Waals surface area (Å²) in [6.45, 7) is 0.817. The molecule has 40 heavy (non-hydrogen) atoms. The second-order valence-corrected chi connectivity index (χ2v) is 12.7. The minimum atomic E-state index is -4.16. The number of nitrogens with one attached hydrogen (secondary N) is 1. The van der Waals surface area contributed by atoms with Gasteiger partial charge in [-0.05, 0) is 56.2 Å². The maximum absolute atomic E-state index is 14.7. The van der Waals surface area contributed by atoms with E-state index in [1.165, 1.54) is 23.1 Å². The van der Waals surface area contributed by atoms with E-state index in [9.17, 15) is 22.4 Å². The Bertz CT molecular complexity index is 1430. The van der Waals surface area contributed by atoms with E-state index in [0.717, 1.165) is 36.4 Å². The summed E-state index contributed by atoms with van der Waals surface area (Å²) in [6, 6.07) is 19.6. The fourth-order valence-corrected chi connectivity index (χ4v) is 6.66. The first-order valence-corrected chi connectivity index (χ1v) is 15.6. The summed E-state index contributed by atoms with van der Waals surface area (Å²) < 4.78 is 43.9. The van der Waals surface area contributed by atoms with Crippen molar-refractivity contribution in [3.63, 3.8) is 0 Å². The smallest absolute Gasteiger partial charge is 0.264 e. The molecule has 2 amide bonds. The second-order valence-electron chi connectivity index (χ2n) is 9.94. The number of halogens is 2. The topological polar surface area (TPSA) is 86.8 Å². The number of anilines is 1. The Kier molecular flexibility index (Phi) is 9.97. The van der Waals surface area contributed by atoms with Crippen molar-refractivity contribution in [2.24, 2.45) is 0 Å². The van der Waals surface area contributed by atoms with Gasteiger partial charge in [-0.15, -0.1) is 0 Å². The van der Waals surface area contributed by atoms with Gasteiger partial charge in [-0.1, -0.05) is 77.7 Å². The van der Waals surface area contributed by atoms with Crippen LogP contribution in [0.3, 0.4) is 0 Å². The number of amides is 2. The number of hydrogen-bond donors (Lipinski definition) is 1. The van der Waals surface area contributed by atoms with Gasteiger partial charge in [0.05, 0.1) is 10.6 Å². The number of hydrogen-bond acceptors (Lipinski definition) is 4. The zero-order valence-electron chi connectivity index (χ0n) is 22.3. The number of carbonyl (C=O) groups is 2. The zero-order valence-corrected chi connectivity index (χ0v) is 24.7. The van der Waals surface area contributed by atoms with Gasteiger partial charge in [0.25, 0.3) is 10.0 Å². The fraction of sp³-hybridized carbons (Fsp3) is 0.333. The van der Waals surface area contributed by atoms with E-state index in [1.807, 2.05) is 0 Å². The highest BCUT2D eigenvalue weighted by atomic mass is 79.9. The minimum absolute atomic E-state index is 0.0192. The molecule has 0 aliphatic heterocycles. The Labute approximate surface area is 243 Å². The van der Waals surface area contributed by atoms with Crippen molar-refractivity contribution >= 4 is 43.5 Å². The highest BCUT2D eigenvalue weighted by molar-refractivity contribution is 9.10. The molecule has 1 aliphatic carbocycles. The third-order valence-electron chi connectivity index (χ3n) is 7.12. The predicted octanol–water partition coefficient (Wildman–Crippen LogP) is 5.65. The van der Waals surface area contributed by atoms with E-state index in [2.05, 4.69) is 21.2 Å². The lowest BCUT2D eigenvalue weighted by Gasteiger charge is -2.33. The van der Waals surface area contributed by atoms with Gasteiger partial charge >= 0.3 is 0 Å². The maximum Gasteiger partial charge on any atom is 0.264 e. The van der Waals surface area contributed by atoms with Crippen LogP contribution < -0.4 is 9.62 Å². The van der Waals surface area contributed by atoms with Crippen LogP contribution in [0.2, 0.25) is 0 Å². The van der Waals surface area contributed by atoms with Gasteiger partial charge in [-0.25, -0.2) is 12.8 Å². The lowest BCUT2D eigenvalue weighted by atomic mass is 9.95. The molecule has 0 saturated heterocycles. The van der Waals surface area contributed by atoms with Crippen LogP contribution in [0.1, 0.15) is 44.6 Å². The van der Waals surface area contributed by atoms with Gasteiger partial charge < -0.3 is 10.2 Å². The monoisotopic (exact) mass is 629 g/mol. The molecule has 0 radical (unpaired) electrons. The van der Waals surface area contributed by atoms with Crippen LogP contribution in [0.4, 0.5) is 10.1 Å². The molecule has 0 heterocycles. The first-order chi connectivity index (χ1) is 19.2. The first kappa shape index (κ1) is 29.7. The molecule has 3 aromatic rings. The Balaban J connectivity index is 1.67. The number of carbonyl (C=O) groups excluding carboxylic acids is 2. The van der Waals surface area contributed by atoms with Gasteiger partial charge in [0.1, 0.15) is 18.4 Å². The zero-order chi connectivity index (χ0) is 28.7. The Morgan fingerprint density at radius 1 is 0.975 bits per heavy atom. The van der Waals surface area contributed by atoms with Crippen molar-refractivity contribution in [3.05, 3.63) is 94.7 Å². The van der Waals surface area contributed by atoms with Crippen molar-refractivity contribution in [2.45, 2.75) is 62.6 Å². The van der Waals surface area contributed by atoms with E-state index >= 15 is 0 Å². The van der Waals surface area contributed by atoms with E-state index < -0.39 is 34.3 Å². The number of rotatable bonds is 10. The van der Waals surface area contributed by atoms with Crippen molar-refractivity contribution in [1.82, 2.24) is 10.2 Å². The fourth-order valence-electron chi connectivity index (χ4n) is 4.84. The normalized spacial score (nSPS) is 14.8. The molecule has 0 aromatic heterocycles. The van der Waals surface area contributed by atoms with E-state index in [4.69, 9.17) is 0 Å². The van der Waals surface area contributed by atoms with E-state index in [0.29, 0.717) is 4.47 Å². The molecule has 1 N–H and O–H groups in total. The second kappa shape index (κ2) is 13.4. The summed E-state index contributed by atoms with van der Waals surface area (Å²) >= 11 is 3.38. The number of nitrogens with zero attached hydrogens (tertiary/aromatic N) is 2. The van der Waals surface area contributed by atoms with Gasteiger partial charge in [0.2, 0.25) is 11.8 Å². The molecular weight excluding hydrogens is 597 g/mol. The molecule has 1 saturated carbocycles. The van der Waals surface area contributed by atoms with Crippen LogP contribution >= 0.6 is 15.9 Å². The quantitative estimate of drug-likeness (QED) is 0.314. The van der Waals surface area contributed by atoms with Gasteiger partial charge in [0, 0.05) is 22.6 Å². The van der Waals surface area contributed by atoms with Crippen LogP contribution in [-0.2, 0) is 26.2 Å². The molecule has 1 aliphatic rings. The summed E-state index contributed by atoms with van der Waals surface area (Å²) in [4.78, 5) is 28.5. The average Bonchev–Trinajstić information content (AvgIpc) is 2.96. The summed E-state index contributed by atoms with van der Waals surface area (Å²) in [5.41, 5.74) is 0.504. The van der Waals surface area contributed by atoms with E-state index in [1.54, 1.807) is 67.6 Å². The average molecular weight is 631 g/mol. The highest BCUT2D eigenvalue weighted by Crippen LogP contribution is 2.27. The molecule has 1 atom stereocenters. The van der Waals surface area contributed by atoms with Crippen LogP contribution in [0.5, 0.6) is 0 Å². The highest BCUT2D eigenvalue weighted by Gasteiger charge is 2.33. The van der Waals surface area contributed by atoms with Crippen LogP contribution in [0, 0.1) is 5.82 Å². The third kappa shape index (κ3) is 7.28. The Hall–Kier alpha value is -3.24. The maximum atomic E-state index is 14.7. The van der Waals surface area contributed by atoms with Crippen molar-refractivity contribution in [2.75, 3.05) is 10.8 Å². The molecule has 7 nitrogen and oxygen atoms in total. The molecule has 3 aromatic carbocycles. The molecule has 4 rings (SSSR count). The van der Waals surface area contributed by atoms with Gasteiger partial charge in [-0.2, -0.15) is 0 Å². The third-order valence-corrected chi connectivity index (χ3v) is 9.40. The molecular formula is C30H33BrFN3O4S. The van der Waals surface area contributed by atoms with Gasteiger partial charge in [0.15, 0.2) is 0 Å². The Morgan fingerprint density at radius 2 is 1.65 bits per heavy atom. The molecule has 1 fully saturated rings. The van der Waals surface area contributed by atoms with E-state index in [-0.39, 0.29) is 34.6 Å². The van der Waals surface area contributed by atoms with Crippen molar-refractivity contribution < 1.29 is 22.4 Å². The van der Waals surface area contributed by atoms with Crippen LogP contribution in [-0.4, -0.2) is 43.8 Å². The number of benzene rings is 3. The first-order valence-electron chi connectivity index (χ1n) is 13.3. The van der Waals surface area contributed by atoms with Crippen molar-refractivity contribution in [1.29, 1.82) is 0 Å². The van der Waals surface area contributed by atoms with Crippen LogP contribution in [0.15, 0.2) is 88.2 Å². The SMILES string of the molecule is CC(C(=O)NC1CCCCC1)N(Cc1ccccc1F)C(=O)CN(c1cccc(Br)c1)S(=O)(=O)c1ccccc1. The molecule has 10 heteroatoms. The molecule has 1 unspecified atom stereocenters. The summed E-state index contributed by atoms with van der Waals surface area (Å²) in [5, 5.41) is 3.04. The standard InChI is InChI=1S/C30H33BrFN3O4S/c1-22(30(37)33-25-13-4-2-5-14-25)34(20-23-11-8-9-18-28(23)32)29(36)21-35(26-15-10-12-24(31)19-26)40(38,39)27-16-6-3-7-17-27/h3,6-12,15-19,22,25H,2,4-5,13-14,20-21H2,1H3,(H,33,37). The summed E-state index contributed by atoms with van der Waals surface area (Å²) in [5.74, 6) is -1.49. The molecule has 0 spiro atoms. The summed E-state index contributed by atoms with van der Waals surface area (Å²) in [6.07, 6.45) is 4.91. The van der Waals surface area contributed by atoms with Crippen LogP contribution in [0.25, 0.3) is 0 Å². The lowest BCUT2D eigenvalue weighted by molar-refractivity contribution is -0.139. The largest absolute Gasteiger partial charge is 0.352 e. The van der Waals surface area contributed by atoms with Crippen molar-refractivity contribution in [3.8, 4) is 0 Å². The van der Waals surface area contributed by atoms with Gasteiger partial charge in [-0.3, -0.25) is 13.9 Å². The number of sulfonamides is 1.